The van der Waals surface area contributed by atoms with Gasteiger partial charge in [-0.05, 0) is 45.5 Å². The van der Waals surface area contributed by atoms with Crippen LogP contribution in [0.2, 0.25) is 0 Å². The van der Waals surface area contributed by atoms with Crippen molar-refractivity contribution in [3.63, 3.8) is 0 Å². The minimum Gasteiger partial charge on any atom is -0.497 e. The van der Waals surface area contributed by atoms with Gasteiger partial charge in [-0.25, -0.2) is 4.79 Å². The lowest BCUT2D eigenvalue weighted by Gasteiger charge is -2.16. The zero-order valence-electron chi connectivity index (χ0n) is 16.0. The molecule has 6 heteroatoms. The molecule has 0 amide bonds. The van der Waals surface area contributed by atoms with Crippen molar-refractivity contribution in [1.29, 1.82) is 0 Å². The zero-order valence-corrected chi connectivity index (χ0v) is 16.0. The summed E-state index contributed by atoms with van der Waals surface area (Å²) >= 11 is 0. The third-order valence-corrected chi connectivity index (χ3v) is 4.16. The summed E-state index contributed by atoms with van der Waals surface area (Å²) in [6.07, 6.45) is 0. The Hall–Kier alpha value is -2.60. The summed E-state index contributed by atoms with van der Waals surface area (Å²) in [4.78, 5) is 30.0. The van der Waals surface area contributed by atoms with Crippen LogP contribution in [0.25, 0.3) is 0 Å². The van der Waals surface area contributed by atoms with Gasteiger partial charge in [0, 0.05) is 17.9 Å². The number of Topliss-reactive ketones (excluding diaryl/α,β-unsaturated/α-hetero) is 1. The third-order valence-electron chi connectivity index (χ3n) is 4.16. The van der Waals surface area contributed by atoms with E-state index in [1.54, 1.807) is 27.9 Å². The van der Waals surface area contributed by atoms with Crippen molar-refractivity contribution in [3.05, 3.63) is 52.3 Å². The van der Waals surface area contributed by atoms with Gasteiger partial charge in [0.15, 0.2) is 5.78 Å². The minimum absolute atomic E-state index is 0.106. The van der Waals surface area contributed by atoms with Crippen molar-refractivity contribution >= 4 is 11.8 Å². The van der Waals surface area contributed by atoms with Gasteiger partial charge in [0.2, 0.25) is 0 Å². The van der Waals surface area contributed by atoms with Gasteiger partial charge in [0.1, 0.15) is 5.75 Å². The van der Waals surface area contributed by atoms with Gasteiger partial charge in [-0.15, -0.1) is 0 Å². The van der Waals surface area contributed by atoms with E-state index in [-0.39, 0.29) is 18.9 Å². The topological polar surface area (TPSA) is 71.6 Å². The maximum absolute atomic E-state index is 12.8. The fourth-order valence-corrected chi connectivity index (χ4v) is 3.01. The van der Waals surface area contributed by atoms with Crippen LogP contribution in [0.1, 0.15) is 44.6 Å². The van der Waals surface area contributed by atoms with E-state index in [0.717, 1.165) is 11.3 Å². The fraction of sp³-hybridized carbons (Fsp3) is 0.400. The van der Waals surface area contributed by atoms with E-state index in [4.69, 9.17) is 9.47 Å². The van der Waals surface area contributed by atoms with Gasteiger partial charge in [0.05, 0.1) is 31.4 Å². The molecule has 1 N–H and O–H groups in total. The Kier molecular flexibility index (Phi) is 6.58. The maximum Gasteiger partial charge on any atom is 0.340 e. The van der Waals surface area contributed by atoms with Crippen LogP contribution < -0.4 is 4.74 Å². The quantitative estimate of drug-likeness (QED) is 0.580. The molecule has 0 aliphatic rings. The van der Waals surface area contributed by atoms with Crippen molar-refractivity contribution in [3.8, 4) is 5.75 Å². The molecule has 0 spiro atoms. The second-order valence-corrected chi connectivity index (χ2v) is 6.29. The monoisotopic (exact) mass is 358 g/mol. The average molecular weight is 358 g/mol. The number of ether oxygens (including phenoxy) is 2. The Labute approximate surface area is 154 Å². The summed E-state index contributed by atoms with van der Waals surface area (Å²) in [6, 6.07) is 7.72. The molecule has 0 bridgehead atoms. The smallest absolute Gasteiger partial charge is 0.340 e. The molecule has 1 aromatic carbocycles. The molecule has 0 aliphatic carbocycles. The summed E-state index contributed by atoms with van der Waals surface area (Å²) in [5.74, 6) is 0.228. The lowest BCUT2D eigenvalue weighted by molar-refractivity contribution is 0.0522. The molecule has 0 radical (unpaired) electrons. The molecule has 0 atom stereocenters. The second-order valence-electron chi connectivity index (χ2n) is 6.29. The number of benzene rings is 1. The SMILES string of the molecule is CCOC(=O)c1c(C)[nH]c(C)c1C(=O)CN(C)Cc1ccc(OC)cc1. The lowest BCUT2D eigenvalue weighted by atomic mass is 10.0. The molecule has 0 saturated heterocycles. The van der Waals surface area contributed by atoms with Crippen molar-refractivity contribution in [2.75, 3.05) is 27.3 Å². The number of aromatic nitrogens is 1. The summed E-state index contributed by atoms with van der Waals surface area (Å²) in [5, 5.41) is 0. The second kappa shape index (κ2) is 8.67. The number of likely N-dealkylation sites (N-methyl/N-ethyl adjacent to an activating group) is 1. The van der Waals surface area contributed by atoms with Crippen LogP contribution in [0.15, 0.2) is 24.3 Å². The molecular formula is C20H26N2O4. The molecule has 0 unspecified atom stereocenters. The third kappa shape index (κ3) is 4.52. The number of aryl methyl sites for hydroxylation is 2. The number of hydrogen-bond donors (Lipinski definition) is 1. The molecule has 26 heavy (non-hydrogen) atoms. The molecule has 0 fully saturated rings. The highest BCUT2D eigenvalue weighted by atomic mass is 16.5. The lowest BCUT2D eigenvalue weighted by Crippen LogP contribution is -2.27. The van der Waals surface area contributed by atoms with Gasteiger partial charge < -0.3 is 14.5 Å². The molecule has 2 aromatic rings. The first-order valence-electron chi connectivity index (χ1n) is 8.58. The van der Waals surface area contributed by atoms with Crippen LogP contribution in [0.5, 0.6) is 5.75 Å². The Morgan fingerprint density at radius 2 is 1.69 bits per heavy atom. The number of carbonyl (C=O) groups is 2. The summed E-state index contributed by atoms with van der Waals surface area (Å²) < 4.78 is 10.3. The van der Waals surface area contributed by atoms with Crippen LogP contribution >= 0.6 is 0 Å². The van der Waals surface area contributed by atoms with E-state index in [1.807, 2.05) is 36.2 Å². The molecule has 2 rings (SSSR count). The van der Waals surface area contributed by atoms with Crippen molar-refractivity contribution in [2.45, 2.75) is 27.3 Å². The Balaban J connectivity index is 2.12. The van der Waals surface area contributed by atoms with Gasteiger partial charge in [-0.2, -0.15) is 0 Å². The first-order valence-corrected chi connectivity index (χ1v) is 8.58. The number of ketones is 1. The van der Waals surface area contributed by atoms with Gasteiger partial charge in [0.25, 0.3) is 0 Å². The van der Waals surface area contributed by atoms with Crippen LogP contribution in [-0.2, 0) is 11.3 Å². The van der Waals surface area contributed by atoms with E-state index in [0.29, 0.717) is 29.1 Å². The van der Waals surface area contributed by atoms with Crippen LogP contribution in [-0.4, -0.2) is 48.9 Å². The number of esters is 1. The highest BCUT2D eigenvalue weighted by Gasteiger charge is 2.25. The Morgan fingerprint density at radius 1 is 1.08 bits per heavy atom. The number of nitrogens with zero attached hydrogens (tertiary/aromatic N) is 1. The highest BCUT2D eigenvalue weighted by molar-refractivity contribution is 6.09. The van der Waals surface area contributed by atoms with Crippen molar-refractivity contribution < 1.29 is 19.1 Å². The molecule has 0 saturated carbocycles. The Morgan fingerprint density at radius 3 is 2.27 bits per heavy atom. The molecule has 0 aliphatic heterocycles. The number of H-pyrrole nitrogens is 1. The number of rotatable bonds is 8. The number of nitrogens with one attached hydrogen (secondary N) is 1. The van der Waals surface area contributed by atoms with Crippen LogP contribution in [0, 0.1) is 13.8 Å². The maximum atomic E-state index is 12.8. The average Bonchev–Trinajstić information content (AvgIpc) is 2.89. The predicted molar refractivity (Wildman–Crippen MR) is 99.9 cm³/mol. The minimum atomic E-state index is -0.462. The Bertz CT molecular complexity index is 778. The van der Waals surface area contributed by atoms with E-state index >= 15 is 0 Å². The normalized spacial score (nSPS) is 10.8. The molecule has 1 heterocycles. The molecule has 1 aromatic heterocycles. The first kappa shape index (κ1) is 19.7. The van der Waals surface area contributed by atoms with Crippen LogP contribution in [0.3, 0.4) is 0 Å². The standard InChI is InChI=1S/C20H26N2O4/c1-6-26-20(24)19-14(3)21-13(2)18(19)17(23)12-22(4)11-15-7-9-16(25-5)10-8-15/h7-10,21H,6,11-12H2,1-5H3. The number of aromatic amines is 1. The van der Waals surface area contributed by atoms with E-state index in [1.165, 1.54) is 0 Å². The van der Waals surface area contributed by atoms with Gasteiger partial charge >= 0.3 is 5.97 Å². The largest absolute Gasteiger partial charge is 0.497 e. The number of methoxy groups -OCH3 is 1. The number of carbonyl (C=O) groups excluding carboxylic acids is 2. The van der Waals surface area contributed by atoms with Gasteiger partial charge in [-0.1, -0.05) is 12.1 Å². The predicted octanol–water partition coefficient (Wildman–Crippen LogP) is 3.13. The van der Waals surface area contributed by atoms with E-state index in [2.05, 4.69) is 4.98 Å². The fourth-order valence-electron chi connectivity index (χ4n) is 3.01. The van der Waals surface area contributed by atoms with E-state index in [9.17, 15) is 9.59 Å². The first-order chi connectivity index (χ1) is 12.4. The molecule has 6 nitrogen and oxygen atoms in total. The van der Waals surface area contributed by atoms with Crippen molar-refractivity contribution in [2.24, 2.45) is 0 Å². The molecular weight excluding hydrogens is 332 g/mol. The highest BCUT2D eigenvalue weighted by Crippen LogP contribution is 2.21. The zero-order chi connectivity index (χ0) is 19.3. The van der Waals surface area contributed by atoms with Gasteiger partial charge in [-0.3, -0.25) is 9.69 Å². The summed E-state index contributed by atoms with van der Waals surface area (Å²) in [5.41, 5.74) is 3.18. The summed E-state index contributed by atoms with van der Waals surface area (Å²) in [7, 11) is 3.50. The molecule has 140 valence electrons. The van der Waals surface area contributed by atoms with Crippen molar-refractivity contribution in [1.82, 2.24) is 9.88 Å². The van der Waals surface area contributed by atoms with Crippen LogP contribution in [0.4, 0.5) is 0 Å². The van der Waals surface area contributed by atoms with E-state index < -0.39 is 5.97 Å². The number of hydrogen-bond acceptors (Lipinski definition) is 5. The summed E-state index contributed by atoms with van der Waals surface area (Å²) in [6.45, 7) is 6.41.